The summed E-state index contributed by atoms with van der Waals surface area (Å²) < 4.78 is 0. The van der Waals surface area contributed by atoms with Crippen LogP contribution in [0, 0.1) is 0 Å². The highest BCUT2D eigenvalue weighted by molar-refractivity contribution is 8.06. The summed E-state index contributed by atoms with van der Waals surface area (Å²) in [6.07, 6.45) is 4.08. The summed E-state index contributed by atoms with van der Waals surface area (Å²) in [5.74, 6) is 0. The fourth-order valence-electron chi connectivity index (χ4n) is 0.354. The molecule has 0 aliphatic heterocycles. The molecule has 0 spiro atoms. The molecule has 0 aliphatic rings. The van der Waals surface area contributed by atoms with Crippen LogP contribution in [0.15, 0.2) is 0 Å². The van der Waals surface area contributed by atoms with Crippen LogP contribution in [0.2, 0.25) is 0 Å². The topological polar surface area (TPSA) is 121 Å². The maximum Gasteiger partial charge on any atom is 0.319 e. The van der Waals surface area contributed by atoms with E-state index < -0.39 is 13.4 Å². The zero-order valence-corrected chi connectivity index (χ0v) is 13.9. The van der Waals surface area contributed by atoms with Gasteiger partial charge in [-0.15, -0.1) is 0 Å². The minimum absolute atomic E-state index is 1.34. The van der Waals surface area contributed by atoms with Gasteiger partial charge >= 0.3 is 13.4 Å². The van der Waals surface area contributed by atoms with Gasteiger partial charge in [-0.05, 0) is 23.6 Å². The third-order valence-electron chi connectivity index (χ3n) is 0.707. The number of unbranched alkanes of at least 4 members (excludes halogenated alkanes) is 2. The van der Waals surface area contributed by atoms with Gasteiger partial charge in [0.05, 0.1) is 0 Å². The maximum atomic E-state index is 7.56. The van der Waals surface area contributed by atoms with E-state index in [1.807, 2.05) is 13.8 Å². The zero-order chi connectivity index (χ0) is 15.1. The predicted octanol–water partition coefficient (Wildman–Crippen LogP) is 1.60. The number of hydrogen-bond donors (Lipinski definition) is 6. The summed E-state index contributed by atoms with van der Waals surface area (Å²) in [5.41, 5.74) is 0. The largest absolute Gasteiger partial charge is 0.325 e. The Morgan fingerprint density at radius 2 is 0.824 bits per heavy atom. The molecular formula is C7H24O6P2S2. The first kappa shape index (κ1) is 26.6. The molecule has 0 fully saturated rings. The Hall–Kier alpha value is 1.06. The fourth-order valence-corrected chi connectivity index (χ4v) is 0.354. The first-order chi connectivity index (χ1) is 7.41. The van der Waals surface area contributed by atoms with Gasteiger partial charge in [0.2, 0.25) is 0 Å². The lowest BCUT2D eigenvalue weighted by Gasteiger charge is -1.88. The molecule has 0 aliphatic carbocycles. The quantitative estimate of drug-likeness (QED) is 0.422. The van der Waals surface area contributed by atoms with Gasteiger partial charge in [-0.2, -0.15) is 0 Å². The van der Waals surface area contributed by atoms with Gasteiger partial charge in [0.1, 0.15) is 0 Å². The SMILES string of the molecule is CC.CCCCC.OP(O)(O)=S.OP(O)(O)=S. The molecule has 0 aromatic carbocycles. The van der Waals surface area contributed by atoms with Gasteiger partial charge in [-0.3, -0.25) is 0 Å². The maximum absolute atomic E-state index is 7.56. The third kappa shape index (κ3) is 413. The third-order valence-corrected chi connectivity index (χ3v) is 0.707. The van der Waals surface area contributed by atoms with Crippen molar-refractivity contribution in [1.82, 2.24) is 0 Å². The predicted molar refractivity (Wildman–Crippen MR) is 78.4 cm³/mol. The monoisotopic (exact) mass is 330 g/mol. The van der Waals surface area contributed by atoms with Gasteiger partial charge in [0.15, 0.2) is 0 Å². The van der Waals surface area contributed by atoms with Crippen LogP contribution < -0.4 is 0 Å². The van der Waals surface area contributed by atoms with Crippen molar-refractivity contribution < 1.29 is 29.4 Å². The highest BCUT2D eigenvalue weighted by atomic mass is 32.5. The molecule has 0 aromatic heterocycles. The van der Waals surface area contributed by atoms with E-state index in [-0.39, 0.29) is 0 Å². The van der Waals surface area contributed by atoms with Crippen molar-refractivity contribution in [3.05, 3.63) is 0 Å². The second-order valence-corrected chi connectivity index (χ2v) is 7.37. The van der Waals surface area contributed by atoms with Crippen molar-refractivity contribution >= 4 is 37.1 Å². The summed E-state index contributed by atoms with van der Waals surface area (Å²) in [4.78, 5) is 45.3. The molecule has 10 heteroatoms. The smallest absolute Gasteiger partial charge is 0.319 e. The van der Waals surface area contributed by atoms with Crippen LogP contribution >= 0.6 is 13.4 Å². The van der Waals surface area contributed by atoms with Crippen molar-refractivity contribution in [2.75, 3.05) is 0 Å². The lowest BCUT2D eigenvalue weighted by molar-refractivity contribution is 0.361. The molecule has 6 nitrogen and oxygen atoms in total. The summed E-state index contributed by atoms with van der Waals surface area (Å²) >= 11 is 7.21. The normalized spacial score (nSPS) is 9.76. The molecular weight excluding hydrogens is 306 g/mol. The second kappa shape index (κ2) is 17.1. The summed E-state index contributed by atoms with van der Waals surface area (Å²) in [7, 11) is 0. The second-order valence-electron chi connectivity index (χ2n) is 2.38. The molecule has 6 N–H and O–H groups in total. The first-order valence-corrected chi connectivity index (χ1v) is 10.3. The van der Waals surface area contributed by atoms with E-state index in [4.69, 9.17) is 29.4 Å². The van der Waals surface area contributed by atoms with E-state index in [9.17, 15) is 0 Å². The van der Waals surface area contributed by atoms with Crippen molar-refractivity contribution in [2.24, 2.45) is 0 Å². The van der Waals surface area contributed by atoms with Gasteiger partial charge < -0.3 is 29.4 Å². The average Bonchev–Trinajstić information content (AvgIpc) is 2.03. The van der Waals surface area contributed by atoms with E-state index in [0.29, 0.717) is 0 Å². The van der Waals surface area contributed by atoms with Crippen LogP contribution in [0.1, 0.15) is 47.0 Å². The van der Waals surface area contributed by atoms with E-state index >= 15 is 0 Å². The summed E-state index contributed by atoms with van der Waals surface area (Å²) in [6.45, 7) is 0.812. The Kier molecular flexibility index (Phi) is 26.7. The van der Waals surface area contributed by atoms with E-state index in [1.54, 1.807) is 0 Å². The van der Waals surface area contributed by atoms with E-state index in [1.165, 1.54) is 19.3 Å². The Balaban J connectivity index is -0.0000000693. The number of rotatable bonds is 2. The lowest BCUT2D eigenvalue weighted by atomic mass is 10.3. The van der Waals surface area contributed by atoms with Crippen molar-refractivity contribution in [3.8, 4) is 0 Å². The highest BCUT2D eigenvalue weighted by Crippen LogP contribution is 2.26. The molecule has 0 unspecified atom stereocenters. The van der Waals surface area contributed by atoms with Crippen molar-refractivity contribution in [1.29, 1.82) is 0 Å². The van der Waals surface area contributed by atoms with Crippen LogP contribution in [0.3, 0.4) is 0 Å². The van der Waals surface area contributed by atoms with Crippen LogP contribution in [0.4, 0.5) is 0 Å². The summed E-state index contributed by atoms with van der Waals surface area (Å²) in [5, 5.41) is 0. The molecule has 0 atom stereocenters. The molecule has 0 saturated heterocycles. The van der Waals surface area contributed by atoms with Crippen molar-refractivity contribution in [2.45, 2.75) is 47.0 Å². The average molecular weight is 330 g/mol. The van der Waals surface area contributed by atoms with Gasteiger partial charge in [-0.25, -0.2) is 0 Å². The highest BCUT2D eigenvalue weighted by Gasteiger charge is 1.92. The standard InChI is InChI=1S/C5H12.C2H6.2H3O3PS/c1-3-5-4-2;1-2;2*1-4(2,3)5/h3-5H2,1-2H3;1-2H3;2*(H3,1,2,3,5). The Labute approximate surface area is 113 Å². The van der Waals surface area contributed by atoms with Gasteiger partial charge in [0.25, 0.3) is 0 Å². The molecule has 110 valence electrons. The molecule has 0 amide bonds. The van der Waals surface area contributed by atoms with Gasteiger partial charge in [0, 0.05) is 0 Å². The van der Waals surface area contributed by atoms with Gasteiger partial charge in [-0.1, -0.05) is 47.0 Å². The van der Waals surface area contributed by atoms with Crippen LogP contribution in [-0.2, 0) is 23.6 Å². The van der Waals surface area contributed by atoms with E-state index in [2.05, 4.69) is 37.5 Å². The van der Waals surface area contributed by atoms with Crippen LogP contribution in [-0.4, -0.2) is 29.4 Å². The molecule has 0 heterocycles. The van der Waals surface area contributed by atoms with Crippen LogP contribution in [0.5, 0.6) is 0 Å². The molecule has 0 rings (SSSR count). The molecule has 0 aromatic rings. The first-order valence-electron chi connectivity index (χ1n) is 4.98. The Bertz CT molecular complexity index is 176. The Morgan fingerprint density at radius 1 is 0.706 bits per heavy atom. The Morgan fingerprint density at radius 3 is 0.824 bits per heavy atom. The zero-order valence-electron chi connectivity index (χ0n) is 10.5. The number of hydrogen-bond acceptors (Lipinski definition) is 2. The molecule has 0 bridgehead atoms. The molecule has 0 radical (unpaired) electrons. The minimum atomic E-state index is -3.81. The molecule has 0 saturated carbocycles. The van der Waals surface area contributed by atoms with Crippen molar-refractivity contribution in [3.63, 3.8) is 0 Å². The summed E-state index contributed by atoms with van der Waals surface area (Å²) in [6, 6.07) is 0. The van der Waals surface area contributed by atoms with Crippen LogP contribution in [0.25, 0.3) is 0 Å². The minimum Gasteiger partial charge on any atom is -0.325 e. The lowest BCUT2D eigenvalue weighted by Crippen LogP contribution is -1.65. The van der Waals surface area contributed by atoms with E-state index in [0.717, 1.165) is 0 Å². The molecule has 17 heavy (non-hydrogen) atoms. The fraction of sp³-hybridized carbons (Fsp3) is 1.00.